The van der Waals surface area contributed by atoms with Crippen molar-refractivity contribution in [1.29, 1.82) is 0 Å². The summed E-state index contributed by atoms with van der Waals surface area (Å²) < 4.78 is 14.2. The number of esters is 1. The first-order valence-electron chi connectivity index (χ1n) is 4.59. The van der Waals surface area contributed by atoms with Crippen LogP contribution in [0.15, 0.2) is 12.2 Å². The van der Waals surface area contributed by atoms with Crippen molar-refractivity contribution in [1.82, 2.24) is 0 Å². The Morgan fingerprint density at radius 2 is 1.62 bits per heavy atom. The first-order chi connectivity index (χ1) is 7.45. The molecule has 0 N–H and O–H groups in total. The molecule has 0 saturated carbocycles. The molecule has 0 aliphatic carbocycles. The van der Waals surface area contributed by atoms with Crippen molar-refractivity contribution in [2.24, 2.45) is 0 Å². The van der Waals surface area contributed by atoms with Gasteiger partial charge in [-0.25, -0.2) is 4.79 Å². The lowest BCUT2D eigenvalue weighted by molar-refractivity contribution is -0.142. The number of carbonyl (C=O) groups excluding carboxylic acids is 3. The van der Waals surface area contributed by atoms with E-state index in [1.165, 1.54) is 26.0 Å². The fraction of sp³-hybridized carbons (Fsp3) is 0.444. The molecule has 90 valence electrons. The summed E-state index contributed by atoms with van der Waals surface area (Å²) in [6.45, 7) is 4.04. The van der Waals surface area contributed by atoms with Crippen molar-refractivity contribution < 1.29 is 28.0 Å². The topological polar surface area (TPSA) is 78.9 Å². The summed E-state index contributed by atoms with van der Waals surface area (Å²) in [6, 6.07) is 0. The first-order valence-corrected chi connectivity index (χ1v) is 6.35. The van der Waals surface area contributed by atoms with E-state index in [2.05, 4.69) is 0 Å². The largest absolute Gasteiger partial charge is 0.487 e. The van der Waals surface area contributed by atoms with E-state index in [0.717, 1.165) is 0 Å². The van der Waals surface area contributed by atoms with E-state index >= 15 is 0 Å². The monoisotopic (exact) mass is 246 g/mol. The van der Waals surface area contributed by atoms with Gasteiger partial charge in [0.25, 0.3) is 11.9 Å². The van der Waals surface area contributed by atoms with Crippen LogP contribution in [0, 0.1) is 0 Å². The van der Waals surface area contributed by atoms with Gasteiger partial charge in [0.1, 0.15) is 0 Å². The Labute approximate surface area is 95.0 Å². The lowest BCUT2D eigenvalue weighted by atomic mass is 10.5. The lowest BCUT2D eigenvalue weighted by Gasteiger charge is -2.13. The predicted octanol–water partition coefficient (Wildman–Crippen LogP) is -0.00840. The van der Waals surface area contributed by atoms with Gasteiger partial charge in [0.05, 0.1) is 0 Å². The van der Waals surface area contributed by atoms with Crippen LogP contribution in [-0.2, 0) is 28.0 Å². The highest BCUT2D eigenvalue weighted by Gasteiger charge is 2.22. The molecule has 0 rings (SSSR count). The molecule has 0 atom stereocenters. The zero-order valence-corrected chi connectivity index (χ0v) is 10.5. The molecular weight excluding hydrogens is 232 g/mol. The smallest absolute Gasteiger partial charge is 0.485 e. The van der Waals surface area contributed by atoms with Crippen LogP contribution in [0.4, 0.5) is 0 Å². The van der Waals surface area contributed by atoms with E-state index in [-0.39, 0.29) is 6.23 Å². The minimum Gasteiger partial charge on any atom is -0.485 e. The van der Waals surface area contributed by atoms with Crippen LogP contribution in [0.25, 0.3) is 0 Å². The van der Waals surface area contributed by atoms with Crippen molar-refractivity contribution in [3.8, 4) is 0 Å². The molecule has 0 fully saturated rings. The fourth-order valence-corrected chi connectivity index (χ4v) is 2.02. The van der Waals surface area contributed by atoms with Gasteiger partial charge in [-0.15, -0.1) is 0 Å². The van der Waals surface area contributed by atoms with Gasteiger partial charge in [0, 0.05) is 19.9 Å². The number of allylic oxidation sites excluding steroid dienone is 1. The predicted molar refractivity (Wildman–Crippen MR) is 56.5 cm³/mol. The molecule has 0 unspecified atom stereocenters. The van der Waals surface area contributed by atoms with Crippen LogP contribution in [0.2, 0.25) is 0 Å². The number of rotatable bonds is 5. The highest BCUT2D eigenvalue weighted by molar-refractivity contribution is 6.48. The van der Waals surface area contributed by atoms with Crippen LogP contribution in [-0.4, -0.2) is 33.4 Å². The van der Waals surface area contributed by atoms with Gasteiger partial charge >= 0.3 is 15.3 Å². The molecule has 0 aliphatic heterocycles. The molecule has 0 bridgehead atoms. The van der Waals surface area contributed by atoms with Crippen LogP contribution >= 0.6 is 0 Å². The van der Waals surface area contributed by atoms with Crippen LogP contribution in [0.5, 0.6) is 0 Å². The third-order valence-corrected chi connectivity index (χ3v) is 2.89. The van der Waals surface area contributed by atoms with Crippen molar-refractivity contribution in [2.45, 2.75) is 20.8 Å². The molecule has 0 radical (unpaired) electrons. The molecule has 6 nitrogen and oxygen atoms in total. The third-order valence-electron chi connectivity index (χ3n) is 1.26. The molecule has 0 heterocycles. The number of hydrogen-bond donors (Lipinski definition) is 0. The highest BCUT2D eigenvalue weighted by Crippen LogP contribution is 1.94. The Balaban J connectivity index is 4.15. The van der Waals surface area contributed by atoms with Crippen LogP contribution < -0.4 is 0 Å². The van der Waals surface area contributed by atoms with Crippen molar-refractivity contribution in [3.05, 3.63) is 12.2 Å². The summed E-state index contributed by atoms with van der Waals surface area (Å²) in [5, 5.41) is 0. The van der Waals surface area contributed by atoms with Crippen molar-refractivity contribution in [2.75, 3.05) is 6.23 Å². The molecule has 0 aromatic carbocycles. The number of carbonyl (C=O) groups is 3. The molecule has 0 aromatic rings. The second-order valence-electron chi connectivity index (χ2n) is 2.78. The van der Waals surface area contributed by atoms with Gasteiger partial charge in [0.15, 0.2) is 6.23 Å². The Morgan fingerprint density at radius 1 is 1.12 bits per heavy atom. The van der Waals surface area contributed by atoms with E-state index in [1.54, 1.807) is 6.92 Å². The Hall–Kier alpha value is -1.63. The van der Waals surface area contributed by atoms with Gasteiger partial charge in [-0.2, -0.15) is 0 Å². The van der Waals surface area contributed by atoms with Crippen molar-refractivity contribution in [3.63, 3.8) is 0 Å². The molecule has 0 aliphatic rings. The first kappa shape index (κ1) is 14.4. The van der Waals surface area contributed by atoms with Gasteiger partial charge in [-0.05, 0) is 6.92 Å². The van der Waals surface area contributed by atoms with Gasteiger partial charge < -0.3 is 13.6 Å². The molecule has 16 heavy (non-hydrogen) atoms. The van der Waals surface area contributed by atoms with Crippen LogP contribution in [0.3, 0.4) is 0 Å². The quantitative estimate of drug-likeness (QED) is 0.386. The second-order valence-corrected chi connectivity index (χ2v) is 4.44. The summed E-state index contributed by atoms with van der Waals surface area (Å²) in [7, 11) is -2.61. The lowest BCUT2D eigenvalue weighted by Crippen LogP contribution is -2.33. The standard InChI is InChI=1S/C9H14O6Si/c1-4-5-9(12)13-6-16(14-7(2)10)15-8(3)11/h4-5,16H,6H2,1-3H3. The molecular formula is C9H14O6Si. The van der Waals surface area contributed by atoms with E-state index in [4.69, 9.17) is 13.6 Å². The zero-order valence-electron chi connectivity index (χ0n) is 9.39. The van der Waals surface area contributed by atoms with E-state index in [0.29, 0.717) is 0 Å². The number of ether oxygens (including phenoxy) is 1. The summed E-state index contributed by atoms with van der Waals surface area (Å²) in [5.74, 6) is -1.71. The van der Waals surface area contributed by atoms with E-state index in [9.17, 15) is 14.4 Å². The maximum atomic E-state index is 11.0. The molecule has 0 aromatic heterocycles. The third kappa shape index (κ3) is 7.74. The molecule has 0 amide bonds. The van der Waals surface area contributed by atoms with Gasteiger partial charge in [0.2, 0.25) is 0 Å². The van der Waals surface area contributed by atoms with Gasteiger partial charge in [-0.3, -0.25) is 9.59 Å². The maximum absolute atomic E-state index is 11.0. The fourth-order valence-electron chi connectivity index (χ4n) is 0.797. The van der Waals surface area contributed by atoms with Gasteiger partial charge in [-0.1, -0.05) is 6.08 Å². The van der Waals surface area contributed by atoms with E-state index < -0.39 is 27.2 Å². The highest BCUT2D eigenvalue weighted by atomic mass is 28.3. The Kier molecular flexibility index (Phi) is 6.85. The minimum atomic E-state index is -2.61. The van der Waals surface area contributed by atoms with Crippen molar-refractivity contribution >= 4 is 27.2 Å². The zero-order chi connectivity index (χ0) is 12.6. The summed E-state index contributed by atoms with van der Waals surface area (Å²) in [6.07, 6.45) is 2.53. The summed E-state index contributed by atoms with van der Waals surface area (Å²) in [4.78, 5) is 32.3. The second kappa shape index (κ2) is 7.63. The number of hydrogen-bond acceptors (Lipinski definition) is 6. The Morgan fingerprint density at radius 3 is 2.00 bits per heavy atom. The maximum Gasteiger partial charge on any atom is 0.487 e. The van der Waals surface area contributed by atoms with E-state index in [1.807, 2.05) is 0 Å². The average Bonchev–Trinajstić information content (AvgIpc) is 2.13. The summed E-state index contributed by atoms with van der Waals surface area (Å²) in [5.41, 5.74) is 0. The molecule has 7 heteroatoms. The normalized spacial score (nSPS) is 10.2. The average molecular weight is 246 g/mol. The molecule has 0 spiro atoms. The minimum absolute atomic E-state index is 0.192. The molecule has 0 saturated heterocycles. The summed E-state index contributed by atoms with van der Waals surface area (Å²) >= 11 is 0. The Bertz CT molecular complexity index is 282. The van der Waals surface area contributed by atoms with Crippen LogP contribution in [0.1, 0.15) is 20.8 Å². The SMILES string of the molecule is CC=CC(=O)OC[SiH](OC(C)=O)OC(C)=O.